The minimum absolute atomic E-state index is 0.237. The number of hydrogen-bond acceptors (Lipinski definition) is 3. The molecule has 1 aromatic heterocycles. The van der Waals surface area contributed by atoms with Gasteiger partial charge in [-0.3, -0.25) is 4.90 Å². The summed E-state index contributed by atoms with van der Waals surface area (Å²) in [6.07, 6.45) is 5.03. The fraction of sp³-hybridized carbons (Fsp3) is 0.733. The first-order valence-corrected chi connectivity index (χ1v) is 9.06. The van der Waals surface area contributed by atoms with Gasteiger partial charge in [0.25, 0.3) is 0 Å². The van der Waals surface area contributed by atoms with E-state index in [1.54, 1.807) is 0 Å². The van der Waals surface area contributed by atoms with Crippen molar-refractivity contribution in [2.24, 2.45) is 11.7 Å². The first-order valence-electron chi connectivity index (χ1n) is 7.39. The molecule has 2 nitrogen and oxygen atoms in total. The van der Waals surface area contributed by atoms with Gasteiger partial charge in [0, 0.05) is 27.3 Å². The van der Waals surface area contributed by atoms with E-state index in [4.69, 9.17) is 5.73 Å². The summed E-state index contributed by atoms with van der Waals surface area (Å²) in [5.41, 5.74) is 6.43. The largest absolute Gasteiger partial charge is 0.326 e. The van der Waals surface area contributed by atoms with Gasteiger partial charge in [-0.25, -0.2) is 0 Å². The molecular weight excluding hydrogens is 320 g/mol. The molecule has 2 rings (SSSR count). The second kappa shape index (κ2) is 7.21. The summed E-state index contributed by atoms with van der Waals surface area (Å²) in [5.74, 6) is 0.851. The number of hydrogen-bond donors (Lipinski definition) is 1. The highest BCUT2D eigenvalue weighted by atomic mass is 79.9. The Morgan fingerprint density at radius 1 is 1.53 bits per heavy atom. The zero-order chi connectivity index (χ0) is 13.8. The van der Waals surface area contributed by atoms with Crippen LogP contribution in [-0.4, -0.2) is 24.0 Å². The van der Waals surface area contributed by atoms with Crippen LogP contribution in [0.5, 0.6) is 0 Å². The van der Waals surface area contributed by atoms with E-state index in [9.17, 15) is 0 Å². The van der Waals surface area contributed by atoms with E-state index in [2.05, 4.69) is 46.1 Å². The van der Waals surface area contributed by atoms with E-state index < -0.39 is 0 Å². The fourth-order valence-corrected chi connectivity index (χ4v) is 4.71. The molecule has 0 radical (unpaired) electrons. The topological polar surface area (TPSA) is 29.3 Å². The molecular formula is C15H25BrN2S. The van der Waals surface area contributed by atoms with Crippen LogP contribution < -0.4 is 5.73 Å². The molecule has 3 atom stereocenters. The van der Waals surface area contributed by atoms with E-state index in [-0.39, 0.29) is 6.04 Å². The Hall–Kier alpha value is 0.1000. The van der Waals surface area contributed by atoms with E-state index >= 15 is 0 Å². The van der Waals surface area contributed by atoms with Gasteiger partial charge in [0.05, 0.1) is 6.04 Å². The van der Waals surface area contributed by atoms with Gasteiger partial charge < -0.3 is 5.73 Å². The first-order chi connectivity index (χ1) is 9.15. The molecule has 108 valence electrons. The Morgan fingerprint density at radius 3 is 2.89 bits per heavy atom. The molecule has 0 saturated carbocycles. The lowest BCUT2D eigenvalue weighted by atomic mass is 9.92. The van der Waals surface area contributed by atoms with Crippen molar-refractivity contribution in [1.29, 1.82) is 0 Å². The van der Waals surface area contributed by atoms with Crippen LogP contribution >= 0.6 is 27.3 Å². The predicted octanol–water partition coefficient (Wildman–Crippen LogP) is 4.41. The van der Waals surface area contributed by atoms with Crippen LogP contribution in [-0.2, 0) is 0 Å². The number of thiophene rings is 1. The van der Waals surface area contributed by atoms with Gasteiger partial charge in [0.1, 0.15) is 0 Å². The smallest absolute Gasteiger partial charge is 0.0593 e. The lowest BCUT2D eigenvalue weighted by molar-refractivity contribution is 0.106. The third-order valence-corrected chi connectivity index (χ3v) is 6.04. The SMILES string of the molecule is CCC1CCCN(C(c2cc(Br)cs2)C(N)CC)C1. The molecule has 3 unspecified atom stereocenters. The van der Waals surface area contributed by atoms with Crippen LogP contribution in [0.15, 0.2) is 15.9 Å². The van der Waals surface area contributed by atoms with Crippen LogP contribution in [0.1, 0.15) is 50.4 Å². The van der Waals surface area contributed by atoms with Crippen LogP contribution in [0.2, 0.25) is 0 Å². The lowest BCUT2D eigenvalue weighted by Crippen LogP contribution is -2.45. The third-order valence-electron chi connectivity index (χ3n) is 4.28. The first kappa shape index (κ1) is 15.5. The molecule has 0 bridgehead atoms. The molecule has 1 aromatic rings. The van der Waals surface area contributed by atoms with Crippen molar-refractivity contribution in [2.45, 2.75) is 51.6 Å². The maximum absolute atomic E-state index is 6.43. The van der Waals surface area contributed by atoms with Crippen molar-refractivity contribution in [3.05, 3.63) is 20.8 Å². The summed E-state index contributed by atoms with van der Waals surface area (Å²) in [7, 11) is 0. The average molecular weight is 345 g/mol. The van der Waals surface area contributed by atoms with E-state index in [0.29, 0.717) is 6.04 Å². The molecule has 0 spiro atoms. The molecule has 1 aliphatic rings. The number of halogens is 1. The van der Waals surface area contributed by atoms with E-state index in [0.717, 1.165) is 12.3 Å². The molecule has 4 heteroatoms. The number of likely N-dealkylation sites (tertiary alicyclic amines) is 1. The van der Waals surface area contributed by atoms with Crippen molar-refractivity contribution >= 4 is 27.3 Å². The molecule has 2 heterocycles. The van der Waals surface area contributed by atoms with Crippen LogP contribution in [0.4, 0.5) is 0 Å². The highest BCUT2D eigenvalue weighted by Gasteiger charge is 2.30. The number of rotatable bonds is 5. The van der Waals surface area contributed by atoms with Gasteiger partial charge in [-0.1, -0.05) is 20.3 Å². The Kier molecular flexibility index (Phi) is 5.87. The standard InChI is InChI=1S/C15H25BrN2S/c1-3-11-6-5-7-18(9-11)15(13(17)4-2)14-8-12(16)10-19-14/h8,10-11,13,15H,3-7,9,17H2,1-2H3. The average Bonchev–Trinajstić information content (AvgIpc) is 2.85. The summed E-state index contributed by atoms with van der Waals surface area (Å²) in [5, 5.41) is 2.17. The minimum atomic E-state index is 0.237. The summed E-state index contributed by atoms with van der Waals surface area (Å²) >= 11 is 5.41. The van der Waals surface area contributed by atoms with Gasteiger partial charge in [-0.05, 0) is 53.7 Å². The zero-order valence-electron chi connectivity index (χ0n) is 11.9. The molecule has 2 N–H and O–H groups in total. The summed E-state index contributed by atoms with van der Waals surface area (Å²) in [4.78, 5) is 4.04. The molecule has 1 aliphatic heterocycles. The van der Waals surface area contributed by atoms with E-state index in [1.165, 1.54) is 41.7 Å². The fourth-order valence-electron chi connectivity index (χ4n) is 3.05. The number of nitrogens with two attached hydrogens (primary N) is 1. The van der Waals surface area contributed by atoms with Crippen LogP contribution in [0, 0.1) is 5.92 Å². The Bertz CT molecular complexity index is 393. The van der Waals surface area contributed by atoms with Crippen molar-refractivity contribution in [2.75, 3.05) is 13.1 Å². The van der Waals surface area contributed by atoms with Gasteiger partial charge in [-0.2, -0.15) is 0 Å². The highest BCUT2D eigenvalue weighted by Crippen LogP contribution is 2.35. The summed E-state index contributed by atoms with van der Waals surface area (Å²) in [6, 6.07) is 2.89. The van der Waals surface area contributed by atoms with Crippen LogP contribution in [0.25, 0.3) is 0 Å². The second-order valence-corrected chi connectivity index (χ2v) is 7.45. The van der Waals surface area contributed by atoms with Crippen molar-refractivity contribution in [3.8, 4) is 0 Å². The quantitative estimate of drug-likeness (QED) is 0.856. The van der Waals surface area contributed by atoms with Gasteiger partial charge in [0.15, 0.2) is 0 Å². The normalized spacial score (nSPS) is 24.3. The van der Waals surface area contributed by atoms with Gasteiger partial charge in [0.2, 0.25) is 0 Å². The monoisotopic (exact) mass is 344 g/mol. The summed E-state index contributed by atoms with van der Waals surface area (Å²) in [6.45, 7) is 6.92. The zero-order valence-corrected chi connectivity index (χ0v) is 14.3. The molecule has 0 aromatic carbocycles. The molecule has 1 fully saturated rings. The van der Waals surface area contributed by atoms with Crippen LogP contribution in [0.3, 0.4) is 0 Å². The Morgan fingerprint density at radius 2 is 2.32 bits per heavy atom. The molecule has 19 heavy (non-hydrogen) atoms. The molecule has 1 saturated heterocycles. The maximum Gasteiger partial charge on any atom is 0.0593 e. The van der Waals surface area contributed by atoms with Crippen molar-refractivity contribution in [3.63, 3.8) is 0 Å². The van der Waals surface area contributed by atoms with Crippen molar-refractivity contribution in [1.82, 2.24) is 4.90 Å². The highest BCUT2D eigenvalue weighted by molar-refractivity contribution is 9.10. The van der Waals surface area contributed by atoms with E-state index in [1.807, 2.05) is 11.3 Å². The Labute approximate surface area is 129 Å². The number of piperidine rings is 1. The van der Waals surface area contributed by atoms with Gasteiger partial charge >= 0.3 is 0 Å². The minimum Gasteiger partial charge on any atom is -0.326 e. The molecule has 0 aliphatic carbocycles. The van der Waals surface area contributed by atoms with Crippen molar-refractivity contribution < 1.29 is 0 Å². The second-order valence-electron chi connectivity index (χ2n) is 5.60. The maximum atomic E-state index is 6.43. The Balaban J connectivity index is 2.17. The molecule has 0 amide bonds. The third kappa shape index (κ3) is 3.81. The van der Waals surface area contributed by atoms with Gasteiger partial charge in [-0.15, -0.1) is 11.3 Å². The summed E-state index contributed by atoms with van der Waals surface area (Å²) < 4.78 is 1.19. The number of nitrogens with zero attached hydrogens (tertiary/aromatic N) is 1. The predicted molar refractivity (Wildman–Crippen MR) is 87.6 cm³/mol. The lowest BCUT2D eigenvalue weighted by Gasteiger charge is -2.40.